The zero-order valence-electron chi connectivity index (χ0n) is 6.76. The second-order valence-corrected chi connectivity index (χ2v) is 3.39. The molecule has 4 heteroatoms. The predicted molar refractivity (Wildman–Crippen MR) is 49.3 cm³/mol. The number of rotatable bonds is 1. The third-order valence-electron chi connectivity index (χ3n) is 2.25. The molecule has 0 radical (unpaired) electrons. The van der Waals surface area contributed by atoms with E-state index in [1.54, 1.807) is 0 Å². The summed E-state index contributed by atoms with van der Waals surface area (Å²) in [7, 11) is 0. The van der Waals surface area contributed by atoms with Gasteiger partial charge >= 0.3 is 0 Å². The molecule has 0 unspecified atom stereocenters. The molecule has 0 fully saturated rings. The van der Waals surface area contributed by atoms with E-state index < -0.39 is 0 Å². The number of nitrogens with zero attached hydrogens (tertiary/aromatic N) is 1. The highest BCUT2D eigenvalue weighted by Gasteiger charge is 2.15. The van der Waals surface area contributed by atoms with Gasteiger partial charge in [0.1, 0.15) is 0 Å². The van der Waals surface area contributed by atoms with E-state index in [9.17, 15) is 0 Å². The highest BCUT2D eigenvalue weighted by Crippen LogP contribution is 2.21. The van der Waals surface area contributed by atoms with Crippen LogP contribution in [0, 0.1) is 4.77 Å². The van der Waals surface area contributed by atoms with Crippen LogP contribution in [-0.4, -0.2) is 9.97 Å². The number of nitrogens with one attached hydrogen (secondary N) is 1. The molecule has 0 saturated carbocycles. The van der Waals surface area contributed by atoms with Crippen molar-refractivity contribution in [2.45, 2.75) is 25.8 Å². The average molecular weight is 181 g/mol. The van der Waals surface area contributed by atoms with E-state index in [1.165, 1.54) is 17.7 Å². The fourth-order valence-corrected chi connectivity index (χ4v) is 1.95. The lowest BCUT2D eigenvalue weighted by Crippen LogP contribution is -2.06. The van der Waals surface area contributed by atoms with E-state index in [-0.39, 0.29) is 0 Å². The van der Waals surface area contributed by atoms with Gasteiger partial charge < -0.3 is 10.7 Å². The van der Waals surface area contributed by atoms with Crippen molar-refractivity contribution in [2.75, 3.05) is 0 Å². The lowest BCUT2D eigenvalue weighted by atomic mass is 10.2. The quantitative estimate of drug-likeness (QED) is 0.638. The minimum absolute atomic E-state index is 0.501. The largest absolute Gasteiger partial charge is 0.334 e. The number of aromatic nitrogens is 2. The Bertz CT molecular complexity index is 356. The summed E-state index contributed by atoms with van der Waals surface area (Å²) in [6.45, 7) is 0.501. The van der Waals surface area contributed by atoms with Crippen molar-refractivity contribution in [1.29, 1.82) is 0 Å². The zero-order valence-corrected chi connectivity index (χ0v) is 7.58. The summed E-state index contributed by atoms with van der Waals surface area (Å²) in [4.78, 5) is 7.31. The van der Waals surface area contributed by atoms with Gasteiger partial charge in [0, 0.05) is 12.2 Å². The molecule has 1 heterocycles. The standard InChI is InChI=1S/C8H11N3S/c9-4-7-5-2-1-3-6(5)10-8(12)11-7/h1-4,9H2,(H,10,11,12). The third-order valence-corrected chi connectivity index (χ3v) is 2.45. The van der Waals surface area contributed by atoms with E-state index in [2.05, 4.69) is 9.97 Å². The minimum Gasteiger partial charge on any atom is -0.334 e. The molecule has 12 heavy (non-hydrogen) atoms. The molecule has 0 saturated heterocycles. The van der Waals surface area contributed by atoms with Gasteiger partial charge in [0.2, 0.25) is 0 Å². The van der Waals surface area contributed by atoms with Gasteiger partial charge in [0.05, 0.1) is 5.69 Å². The monoisotopic (exact) mass is 181 g/mol. The Balaban J connectivity index is 2.62. The van der Waals surface area contributed by atoms with Crippen LogP contribution in [0.3, 0.4) is 0 Å². The second-order valence-electron chi connectivity index (χ2n) is 3.00. The van der Waals surface area contributed by atoms with Crippen LogP contribution in [0.25, 0.3) is 0 Å². The number of aromatic amines is 1. The van der Waals surface area contributed by atoms with Crippen LogP contribution in [0.1, 0.15) is 23.4 Å². The van der Waals surface area contributed by atoms with Crippen LogP contribution < -0.4 is 5.73 Å². The second kappa shape index (κ2) is 2.95. The molecule has 0 bridgehead atoms. The van der Waals surface area contributed by atoms with Crippen LogP contribution in [0.5, 0.6) is 0 Å². The smallest absolute Gasteiger partial charge is 0.197 e. The number of nitrogens with two attached hydrogens (primary N) is 1. The molecule has 1 aromatic heterocycles. The van der Waals surface area contributed by atoms with Gasteiger partial charge in [-0.3, -0.25) is 0 Å². The minimum atomic E-state index is 0.501. The lowest BCUT2D eigenvalue weighted by Gasteiger charge is -2.03. The Hall–Kier alpha value is -0.740. The number of fused-ring (bicyclic) bond motifs is 1. The van der Waals surface area contributed by atoms with Crippen LogP contribution in [0.15, 0.2) is 0 Å². The van der Waals surface area contributed by atoms with E-state index >= 15 is 0 Å². The highest BCUT2D eigenvalue weighted by molar-refractivity contribution is 7.71. The van der Waals surface area contributed by atoms with Gasteiger partial charge in [-0.15, -0.1) is 0 Å². The molecule has 2 rings (SSSR count). The number of H-pyrrole nitrogens is 1. The summed E-state index contributed by atoms with van der Waals surface area (Å²) in [6, 6.07) is 0. The van der Waals surface area contributed by atoms with E-state index in [1.807, 2.05) is 0 Å². The molecule has 1 aliphatic carbocycles. The van der Waals surface area contributed by atoms with Gasteiger partial charge in [0.25, 0.3) is 0 Å². The molecular formula is C8H11N3S. The topological polar surface area (TPSA) is 54.7 Å². The van der Waals surface area contributed by atoms with Gasteiger partial charge in [0.15, 0.2) is 4.77 Å². The van der Waals surface area contributed by atoms with Crippen LogP contribution in [0.2, 0.25) is 0 Å². The summed E-state index contributed by atoms with van der Waals surface area (Å²) in [5.74, 6) is 0. The molecule has 0 aliphatic heterocycles. The van der Waals surface area contributed by atoms with Crippen molar-refractivity contribution >= 4 is 12.2 Å². The van der Waals surface area contributed by atoms with Gasteiger partial charge in [-0.05, 0) is 37.0 Å². The first-order valence-electron chi connectivity index (χ1n) is 4.12. The van der Waals surface area contributed by atoms with Gasteiger partial charge in [-0.2, -0.15) is 0 Å². The van der Waals surface area contributed by atoms with Crippen LogP contribution in [0.4, 0.5) is 0 Å². The molecule has 1 aromatic rings. The summed E-state index contributed by atoms with van der Waals surface area (Å²) in [6.07, 6.45) is 3.38. The van der Waals surface area contributed by atoms with Crippen molar-refractivity contribution in [3.05, 3.63) is 21.7 Å². The lowest BCUT2D eigenvalue weighted by molar-refractivity contribution is 0.891. The summed E-state index contributed by atoms with van der Waals surface area (Å²) < 4.78 is 0.566. The Morgan fingerprint density at radius 2 is 2.33 bits per heavy atom. The molecule has 1 aliphatic rings. The molecule has 0 atom stereocenters. The first kappa shape index (κ1) is 7.89. The van der Waals surface area contributed by atoms with Crippen molar-refractivity contribution in [1.82, 2.24) is 9.97 Å². The predicted octanol–water partition coefficient (Wildman–Crippen LogP) is 1.09. The average Bonchev–Trinajstić information content (AvgIpc) is 2.50. The van der Waals surface area contributed by atoms with Crippen molar-refractivity contribution in [3.63, 3.8) is 0 Å². The normalized spacial score (nSPS) is 14.8. The van der Waals surface area contributed by atoms with E-state index in [0.29, 0.717) is 11.3 Å². The molecule has 64 valence electrons. The van der Waals surface area contributed by atoms with E-state index in [0.717, 1.165) is 18.5 Å². The Morgan fingerprint density at radius 3 is 3.08 bits per heavy atom. The molecule has 3 N–H and O–H groups in total. The highest BCUT2D eigenvalue weighted by atomic mass is 32.1. The fraction of sp³-hybridized carbons (Fsp3) is 0.500. The maximum atomic E-state index is 5.57. The Labute approximate surface area is 76.0 Å². The fourth-order valence-electron chi connectivity index (χ4n) is 1.72. The van der Waals surface area contributed by atoms with Crippen molar-refractivity contribution < 1.29 is 0 Å². The number of hydrogen-bond acceptors (Lipinski definition) is 3. The number of aryl methyl sites for hydroxylation is 1. The van der Waals surface area contributed by atoms with Crippen molar-refractivity contribution in [3.8, 4) is 0 Å². The zero-order chi connectivity index (χ0) is 8.55. The maximum absolute atomic E-state index is 5.57. The Morgan fingerprint density at radius 1 is 1.50 bits per heavy atom. The first-order valence-corrected chi connectivity index (χ1v) is 4.53. The first-order chi connectivity index (χ1) is 5.81. The maximum Gasteiger partial charge on any atom is 0.197 e. The molecule has 0 amide bonds. The van der Waals surface area contributed by atoms with Crippen molar-refractivity contribution in [2.24, 2.45) is 5.73 Å². The summed E-state index contributed by atoms with van der Waals surface area (Å²) in [5.41, 5.74) is 9.09. The summed E-state index contributed by atoms with van der Waals surface area (Å²) in [5, 5.41) is 0. The molecular weight excluding hydrogens is 170 g/mol. The third kappa shape index (κ3) is 1.17. The molecule has 0 aromatic carbocycles. The Kier molecular flexibility index (Phi) is 1.94. The van der Waals surface area contributed by atoms with Crippen LogP contribution >= 0.6 is 12.2 Å². The molecule has 3 nitrogen and oxygen atoms in total. The van der Waals surface area contributed by atoms with Crippen LogP contribution in [-0.2, 0) is 19.4 Å². The molecule has 0 spiro atoms. The van der Waals surface area contributed by atoms with Gasteiger partial charge in [-0.25, -0.2) is 4.98 Å². The SMILES string of the molecule is NCc1nc(=S)[nH]c2c1CCC2. The summed E-state index contributed by atoms with van der Waals surface area (Å²) >= 11 is 4.98. The van der Waals surface area contributed by atoms with Gasteiger partial charge in [-0.1, -0.05) is 0 Å². The number of hydrogen-bond donors (Lipinski definition) is 2. The van der Waals surface area contributed by atoms with E-state index in [4.69, 9.17) is 18.0 Å².